The standard InChI is InChI=1S/C11H10F2N2O5/c12-6-1-2-7(13)8(3-6)14-11(20)15(4-9(16)17)5-10(18)19/h1-3H,4-5H2,(H,14,20)(H,16,17)(H,18,19). The Morgan fingerprint density at radius 2 is 1.65 bits per heavy atom. The number of anilines is 1. The van der Waals surface area contributed by atoms with Crippen molar-refractivity contribution in [1.82, 2.24) is 4.90 Å². The average molecular weight is 288 g/mol. The molecule has 1 aromatic carbocycles. The molecular formula is C11H10F2N2O5. The number of carbonyl (C=O) groups is 3. The molecule has 108 valence electrons. The number of aliphatic carboxylic acids is 2. The van der Waals surface area contributed by atoms with Crippen LogP contribution in [0.2, 0.25) is 0 Å². The highest BCUT2D eigenvalue weighted by Crippen LogP contribution is 2.15. The van der Waals surface area contributed by atoms with Crippen LogP contribution in [0.15, 0.2) is 18.2 Å². The van der Waals surface area contributed by atoms with E-state index in [1.807, 2.05) is 5.32 Å². The van der Waals surface area contributed by atoms with E-state index < -0.39 is 48.4 Å². The Morgan fingerprint density at radius 3 is 2.15 bits per heavy atom. The summed E-state index contributed by atoms with van der Waals surface area (Å²) in [6.45, 7) is -1.79. The minimum absolute atomic E-state index is 0.426. The molecule has 3 N–H and O–H groups in total. The summed E-state index contributed by atoms with van der Waals surface area (Å²) >= 11 is 0. The molecule has 1 rings (SSSR count). The number of carbonyl (C=O) groups excluding carboxylic acids is 1. The van der Waals surface area contributed by atoms with Gasteiger partial charge >= 0.3 is 18.0 Å². The van der Waals surface area contributed by atoms with Crippen LogP contribution < -0.4 is 5.32 Å². The molecule has 0 saturated carbocycles. The van der Waals surface area contributed by atoms with Crippen molar-refractivity contribution < 1.29 is 33.4 Å². The summed E-state index contributed by atoms with van der Waals surface area (Å²) in [6, 6.07) is 1.12. The second kappa shape index (κ2) is 6.45. The third-order valence-electron chi connectivity index (χ3n) is 2.11. The van der Waals surface area contributed by atoms with Crippen LogP contribution in [0.5, 0.6) is 0 Å². The molecule has 0 aliphatic rings. The van der Waals surface area contributed by atoms with E-state index in [0.717, 1.165) is 12.1 Å². The molecule has 0 bridgehead atoms. The molecule has 0 aliphatic heterocycles. The fourth-order valence-electron chi connectivity index (χ4n) is 1.31. The molecule has 0 atom stereocenters. The fraction of sp³-hybridized carbons (Fsp3) is 0.182. The van der Waals surface area contributed by atoms with Crippen LogP contribution in [-0.2, 0) is 9.59 Å². The van der Waals surface area contributed by atoms with Gasteiger partial charge in [0, 0.05) is 6.07 Å². The van der Waals surface area contributed by atoms with E-state index in [1.165, 1.54) is 0 Å². The van der Waals surface area contributed by atoms with Crippen LogP contribution in [0.3, 0.4) is 0 Å². The number of hydrogen-bond donors (Lipinski definition) is 3. The zero-order valence-corrected chi connectivity index (χ0v) is 9.97. The van der Waals surface area contributed by atoms with Gasteiger partial charge in [0.1, 0.15) is 24.7 Å². The van der Waals surface area contributed by atoms with Crippen molar-refractivity contribution in [3.63, 3.8) is 0 Å². The fourth-order valence-corrected chi connectivity index (χ4v) is 1.31. The quantitative estimate of drug-likeness (QED) is 0.748. The van der Waals surface area contributed by atoms with Gasteiger partial charge in [-0.1, -0.05) is 0 Å². The average Bonchev–Trinajstić information content (AvgIpc) is 2.31. The van der Waals surface area contributed by atoms with Crippen molar-refractivity contribution in [2.75, 3.05) is 18.4 Å². The third-order valence-corrected chi connectivity index (χ3v) is 2.11. The second-order valence-electron chi connectivity index (χ2n) is 3.70. The molecule has 0 saturated heterocycles. The Bertz CT molecular complexity index is 534. The van der Waals surface area contributed by atoms with Gasteiger partial charge in [0.15, 0.2) is 0 Å². The van der Waals surface area contributed by atoms with Crippen molar-refractivity contribution in [1.29, 1.82) is 0 Å². The number of halogens is 2. The largest absolute Gasteiger partial charge is 0.480 e. The molecule has 0 unspecified atom stereocenters. The van der Waals surface area contributed by atoms with Crippen molar-refractivity contribution in [2.45, 2.75) is 0 Å². The van der Waals surface area contributed by atoms with Crippen LogP contribution in [0.1, 0.15) is 0 Å². The smallest absolute Gasteiger partial charge is 0.323 e. The maximum Gasteiger partial charge on any atom is 0.323 e. The highest BCUT2D eigenvalue weighted by atomic mass is 19.1. The van der Waals surface area contributed by atoms with Crippen LogP contribution >= 0.6 is 0 Å². The van der Waals surface area contributed by atoms with Crippen LogP contribution in [0, 0.1) is 11.6 Å². The Kier molecular flexibility index (Phi) is 4.95. The van der Waals surface area contributed by atoms with Crippen molar-refractivity contribution >= 4 is 23.7 Å². The SMILES string of the molecule is O=C(O)CN(CC(=O)O)C(=O)Nc1cc(F)ccc1F. The van der Waals surface area contributed by atoms with E-state index in [1.54, 1.807) is 0 Å². The van der Waals surface area contributed by atoms with E-state index >= 15 is 0 Å². The molecule has 0 radical (unpaired) electrons. The van der Waals surface area contributed by atoms with E-state index in [2.05, 4.69) is 0 Å². The van der Waals surface area contributed by atoms with Crippen LogP contribution in [-0.4, -0.2) is 46.2 Å². The molecule has 9 heteroatoms. The molecule has 0 heterocycles. The maximum atomic E-state index is 13.3. The first-order chi connectivity index (χ1) is 9.29. The number of nitrogens with zero attached hydrogens (tertiary/aromatic N) is 1. The van der Waals surface area contributed by atoms with E-state index in [-0.39, 0.29) is 0 Å². The van der Waals surface area contributed by atoms with Gasteiger partial charge in [-0.2, -0.15) is 0 Å². The normalized spacial score (nSPS) is 9.90. The lowest BCUT2D eigenvalue weighted by Crippen LogP contribution is -2.42. The highest BCUT2D eigenvalue weighted by molar-refractivity contribution is 5.93. The lowest BCUT2D eigenvalue weighted by Gasteiger charge is -2.19. The van der Waals surface area contributed by atoms with E-state index in [0.29, 0.717) is 11.0 Å². The number of benzene rings is 1. The Labute approximate surface area is 111 Å². The van der Waals surface area contributed by atoms with Gasteiger partial charge < -0.3 is 20.4 Å². The van der Waals surface area contributed by atoms with Gasteiger partial charge in [-0.05, 0) is 12.1 Å². The van der Waals surface area contributed by atoms with E-state index in [9.17, 15) is 23.2 Å². The predicted molar refractivity (Wildman–Crippen MR) is 62.2 cm³/mol. The minimum atomic E-state index is -1.44. The lowest BCUT2D eigenvalue weighted by atomic mass is 10.3. The van der Waals surface area contributed by atoms with Gasteiger partial charge in [-0.25, -0.2) is 13.6 Å². The van der Waals surface area contributed by atoms with Gasteiger partial charge in [0.25, 0.3) is 0 Å². The van der Waals surface area contributed by atoms with Gasteiger partial charge in [0.2, 0.25) is 0 Å². The number of amides is 2. The van der Waals surface area contributed by atoms with Crippen molar-refractivity contribution in [3.8, 4) is 0 Å². The maximum absolute atomic E-state index is 13.3. The van der Waals surface area contributed by atoms with Crippen molar-refractivity contribution in [2.24, 2.45) is 0 Å². The van der Waals surface area contributed by atoms with Crippen molar-refractivity contribution in [3.05, 3.63) is 29.8 Å². The monoisotopic (exact) mass is 288 g/mol. The zero-order chi connectivity index (χ0) is 15.3. The molecule has 20 heavy (non-hydrogen) atoms. The molecule has 0 fully saturated rings. The first kappa shape index (κ1) is 15.3. The minimum Gasteiger partial charge on any atom is -0.480 e. The first-order valence-corrected chi connectivity index (χ1v) is 5.24. The Balaban J connectivity index is 2.86. The topological polar surface area (TPSA) is 107 Å². The molecule has 7 nitrogen and oxygen atoms in total. The summed E-state index contributed by atoms with van der Waals surface area (Å²) in [7, 11) is 0. The van der Waals surface area contributed by atoms with Gasteiger partial charge in [-0.3, -0.25) is 9.59 Å². The lowest BCUT2D eigenvalue weighted by molar-refractivity contribution is -0.140. The molecule has 2 amide bonds. The molecule has 0 spiro atoms. The Morgan fingerprint density at radius 1 is 1.10 bits per heavy atom. The Hall–Kier alpha value is -2.71. The van der Waals surface area contributed by atoms with Gasteiger partial charge in [-0.15, -0.1) is 0 Å². The second-order valence-corrected chi connectivity index (χ2v) is 3.70. The number of rotatable bonds is 5. The zero-order valence-electron chi connectivity index (χ0n) is 9.97. The van der Waals surface area contributed by atoms with Crippen LogP contribution in [0.25, 0.3) is 0 Å². The van der Waals surface area contributed by atoms with Crippen LogP contribution in [0.4, 0.5) is 19.3 Å². The number of urea groups is 1. The summed E-state index contributed by atoms with van der Waals surface area (Å²) in [4.78, 5) is 33.1. The first-order valence-electron chi connectivity index (χ1n) is 5.24. The van der Waals surface area contributed by atoms with Gasteiger partial charge in [0.05, 0.1) is 5.69 Å². The third kappa shape index (κ3) is 4.52. The number of carboxylic acid groups (broad SMARTS) is 2. The highest BCUT2D eigenvalue weighted by Gasteiger charge is 2.20. The van der Waals surface area contributed by atoms with E-state index in [4.69, 9.17) is 10.2 Å². The number of hydrogen-bond acceptors (Lipinski definition) is 3. The molecule has 0 aromatic heterocycles. The predicted octanol–water partition coefficient (Wildman–Crippen LogP) is 0.968. The number of nitrogens with one attached hydrogen (secondary N) is 1. The molecule has 0 aliphatic carbocycles. The summed E-state index contributed by atoms with van der Waals surface area (Å²) in [5.41, 5.74) is -0.518. The summed E-state index contributed by atoms with van der Waals surface area (Å²) < 4.78 is 26.2. The molecule has 1 aromatic rings. The molecular weight excluding hydrogens is 278 g/mol. The summed E-state index contributed by atoms with van der Waals surface area (Å²) in [6.07, 6.45) is 0. The summed E-state index contributed by atoms with van der Waals surface area (Å²) in [5, 5.41) is 19.0. The summed E-state index contributed by atoms with van der Waals surface area (Å²) in [5.74, 6) is -4.64. The number of carboxylic acids is 2.